The highest BCUT2D eigenvalue weighted by molar-refractivity contribution is 5.29. The quantitative estimate of drug-likeness (QED) is 0.844. The smallest absolute Gasteiger partial charge is 0.212 e. The Morgan fingerprint density at radius 2 is 1.89 bits per heavy atom. The van der Waals surface area contributed by atoms with Crippen molar-refractivity contribution >= 4 is 0 Å². The standard InChI is InChI=1S/C16H26N2O/c1-16(2,3)14-10-17-18-15(14)19-9-8-13(11-4-5-11)12-6-7-12/h10-13H,4-9H2,1-3H3,(H,17,18). The molecule has 0 aliphatic heterocycles. The average molecular weight is 262 g/mol. The fraction of sp³-hybridized carbons (Fsp3) is 0.812. The summed E-state index contributed by atoms with van der Waals surface area (Å²) in [5.74, 6) is 3.83. The highest BCUT2D eigenvalue weighted by atomic mass is 16.5. The first kappa shape index (κ1) is 13.0. The van der Waals surface area contributed by atoms with Crippen molar-refractivity contribution in [2.45, 2.75) is 58.3 Å². The molecule has 0 amide bonds. The zero-order valence-corrected chi connectivity index (χ0v) is 12.4. The molecule has 2 aliphatic carbocycles. The van der Waals surface area contributed by atoms with Gasteiger partial charge < -0.3 is 4.74 Å². The first-order valence-corrected chi connectivity index (χ1v) is 7.72. The number of rotatable bonds is 6. The first-order valence-electron chi connectivity index (χ1n) is 7.72. The van der Waals surface area contributed by atoms with E-state index in [-0.39, 0.29) is 5.41 Å². The second kappa shape index (κ2) is 4.84. The van der Waals surface area contributed by atoms with Gasteiger partial charge in [-0.15, -0.1) is 0 Å². The van der Waals surface area contributed by atoms with E-state index in [4.69, 9.17) is 4.74 Å². The molecule has 2 fully saturated rings. The number of nitrogens with zero attached hydrogens (tertiary/aromatic N) is 1. The fourth-order valence-corrected chi connectivity index (χ4v) is 3.12. The summed E-state index contributed by atoms with van der Waals surface area (Å²) in [7, 11) is 0. The number of nitrogens with one attached hydrogen (secondary N) is 1. The van der Waals surface area contributed by atoms with Crippen molar-refractivity contribution in [2.24, 2.45) is 17.8 Å². The second-order valence-electron chi connectivity index (χ2n) is 7.34. The van der Waals surface area contributed by atoms with Gasteiger partial charge in [0.1, 0.15) is 0 Å². The monoisotopic (exact) mass is 262 g/mol. The van der Waals surface area contributed by atoms with Crippen molar-refractivity contribution in [3.05, 3.63) is 11.8 Å². The molecule has 2 aliphatic rings. The molecule has 1 aromatic rings. The van der Waals surface area contributed by atoms with E-state index in [0.29, 0.717) is 0 Å². The number of H-pyrrole nitrogens is 1. The minimum atomic E-state index is 0.0920. The van der Waals surface area contributed by atoms with Crippen LogP contribution in [-0.2, 0) is 5.41 Å². The van der Waals surface area contributed by atoms with Gasteiger partial charge in [-0.25, -0.2) is 5.10 Å². The van der Waals surface area contributed by atoms with Crippen LogP contribution >= 0.6 is 0 Å². The summed E-state index contributed by atoms with van der Waals surface area (Å²) in [6, 6.07) is 0. The summed E-state index contributed by atoms with van der Waals surface area (Å²) < 4.78 is 5.97. The molecule has 1 aromatic heterocycles. The van der Waals surface area contributed by atoms with E-state index >= 15 is 0 Å². The van der Waals surface area contributed by atoms with Gasteiger partial charge >= 0.3 is 0 Å². The minimum absolute atomic E-state index is 0.0920. The minimum Gasteiger partial charge on any atom is -0.478 e. The Balaban J connectivity index is 1.53. The predicted molar refractivity (Wildman–Crippen MR) is 76.3 cm³/mol. The number of hydrogen-bond acceptors (Lipinski definition) is 2. The van der Waals surface area contributed by atoms with Crippen LogP contribution in [0.1, 0.15) is 58.4 Å². The van der Waals surface area contributed by atoms with Crippen molar-refractivity contribution in [1.29, 1.82) is 0 Å². The summed E-state index contributed by atoms with van der Waals surface area (Å²) in [5.41, 5.74) is 1.27. The van der Waals surface area contributed by atoms with Crippen molar-refractivity contribution in [2.75, 3.05) is 6.61 Å². The Hall–Kier alpha value is -0.990. The van der Waals surface area contributed by atoms with Crippen molar-refractivity contribution in [3.63, 3.8) is 0 Å². The molecular formula is C16H26N2O. The van der Waals surface area contributed by atoms with Crippen LogP contribution < -0.4 is 4.74 Å². The van der Waals surface area contributed by atoms with Crippen LogP contribution in [0.2, 0.25) is 0 Å². The number of hydrogen-bond donors (Lipinski definition) is 1. The van der Waals surface area contributed by atoms with Crippen LogP contribution in [0.25, 0.3) is 0 Å². The fourth-order valence-electron chi connectivity index (χ4n) is 3.12. The third kappa shape index (κ3) is 3.13. The first-order chi connectivity index (χ1) is 9.05. The van der Waals surface area contributed by atoms with Gasteiger partial charge in [0.15, 0.2) is 0 Å². The molecule has 0 spiro atoms. The molecule has 0 atom stereocenters. The van der Waals surface area contributed by atoms with Crippen molar-refractivity contribution in [1.82, 2.24) is 10.2 Å². The largest absolute Gasteiger partial charge is 0.478 e. The van der Waals surface area contributed by atoms with E-state index < -0.39 is 0 Å². The van der Waals surface area contributed by atoms with Crippen LogP contribution in [0, 0.1) is 17.8 Å². The predicted octanol–water partition coefficient (Wildman–Crippen LogP) is 3.91. The normalized spacial score (nSPS) is 20.0. The Morgan fingerprint density at radius 1 is 1.26 bits per heavy atom. The summed E-state index contributed by atoms with van der Waals surface area (Å²) in [4.78, 5) is 0. The molecule has 3 rings (SSSR count). The molecule has 3 heteroatoms. The number of aromatic nitrogens is 2. The highest BCUT2D eigenvalue weighted by Gasteiger charge is 2.40. The Bertz CT molecular complexity index is 412. The Morgan fingerprint density at radius 3 is 2.42 bits per heavy atom. The van der Waals surface area contributed by atoms with E-state index in [9.17, 15) is 0 Å². The third-order valence-corrected chi connectivity index (χ3v) is 4.56. The van der Waals surface area contributed by atoms with Gasteiger partial charge in [0.05, 0.1) is 12.8 Å². The van der Waals surface area contributed by atoms with E-state index in [0.717, 1.165) is 30.2 Å². The molecule has 0 bridgehead atoms. The summed E-state index contributed by atoms with van der Waals surface area (Å²) >= 11 is 0. The zero-order valence-electron chi connectivity index (χ0n) is 12.4. The van der Waals surface area contributed by atoms with Crippen LogP contribution in [0.3, 0.4) is 0 Å². The van der Waals surface area contributed by atoms with E-state index in [1.807, 2.05) is 6.20 Å². The summed E-state index contributed by atoms with van der Waals surface area (Å²) in [6.07, 6.45) is 8.94. The Labute approximate surface area is 116 Å². The molecule has 1 N–H and O–H groups in total. The van der Waals surface area contributed by atoms with Gasteiger partial charge in [0, 0.05) is 5.56 Å². The molecule has 106 valence electrons. The van der Waals surface area contributed by atoms with E-state index in [1.165, 1.54) is 37.7 Å². The maximum Gasteiger partial charge on any atom is 0.212 e. The second-order valence-corrected chi connectivity index (χ2v) is 7.34. The average Bonchev–Trinajstić information content (AvgIpc) is 3.24. The molecule has 19 heavy (non-hydrogen) atoms. The lowest BCUT2D eigenvalue weighted by Gasteiger charge is -2.19. The number of ether oxygens (including phenoxy) is 1. The molecule has 2 saturated carbocycles. The van der Waals surface area contributed by atoms with E-state index in [2.05, 4.69) is 31.0 Å². The van der Waals surface area contributed by atoms with Gasteiger partial charge in [0.2, 0.25) is 5.88 Å². The topological polar surface area (TPSA) is 37.9 Å². The third-order valence-electron chi connectivity index (χ3n) is 4.56. The lowest BCUT2D eigenvalue weighted by atomic mass is 9.89. The Kier molecular flexibility index (Phi) is 3.32. The zero-order chi connectivity index (χ0) is 13.5. The van der Waals surface area contributed by atoms with Crippen LogP contribution in [-0.4, -0.2) is 16.8 Å². The van der Waals surface area contributed by atoms with Gasteiger partial charge in [-0.2, -0.15) is 5.10 Å². The highest BCUT2D eigenvalue weighted by Crippen LogP contribution is 2.50. The molecule has 3 nitrogen and oxygen atoms in total. The SMILES string of the molecule is CC(C)(C)c1cn[nH]c1OCCC(C1CC1)C1CC1. The molecule has 0 aromatic carbocycles. The van der Waals surface area contributed by atoms with E-state index in [1.54, 1.807) is 0 Å². The maximum absolute atomic E-state index is 5.97. The van der Waals surface area contributed by atoms with Crippen LogP contribution in [0.4, 0.5) is 0 Å². The summed E-state index contributed by atoms with van der Waals surface area (Å²) in [6.45, 7) is 7.43. The van der Waals surface area contributed by atoms with Crippen LogP contribution in [0.5, 0.6) is 5.88 Å². The summed E-state index contributed by atoms with van der Waals surface area (Å²) in [5, 5.41) is 7.13. The lowest BCUT2D eigenvalue weighted by Crippen LogP contribution is -2.15. The number of aromatic amines is 1. The molecule has 0 radical (unpaired) electrons. The molecule has 0 unspecified atom stereocenters. The molecule has 1 heterocycles. The van der Waals surface area contributed by atoms with Gasteiger partial charge in [-0.3, -0.25) is 0 Å². The van der Waals surface area contributed by atoms with Gasteiger partial charge in [0.25, 0.3) is 0 Å². The molecular weight excluding hydrogens is 236 g/mol. The van der Waals surface area contributed by atoms with Crippen molar-refractivity contribution in [3.8, 4) is 5.88 Å². The van der Waals surface area contributed by atoms with Gasteiger partial charge in [-0.1, -0.05) is 20.8 Å². The lowest BCUT2D eigenvalue weighted by molar-refractivity contribution is 0.240. The van der Waals surface area contributed by atoms with Gasteiger partial charge in [-0.05, 0) is 55.3 Å². The van der Waals surface area contributed by atoms with Crippen molar-refractivity contribution < 1.29 is 4.74 Å². The maximum atomic E-state index is 5.97. The van der Waals surface area contributed by atoms with Crippen LogP contribution in [0.15, 0.2) is 6.20 Å². The molecule has 0 saturated heterocycles.